The average Bonchev–Trinajstić information content (AvgIpc) is 3.26. The summed E-state index contributed by atoms with van der Waals surface area (Å²) >= 11 is 12.8. The smallest absolute Gasteiger partial charge is 0.242 e. The van der Waals surface area contributed by atoms with E-state index in [0.29, 0.717) is 40.8 Å². The van der Waals surface area contributed by atoms with Gasteiger partial charge in [0.15, 0.2) is 0 Å². The zero-order valence-corrected chi connectivity index (χ0v) is 27.6. The highest BCUT2D eigenvalue weighted by atomic mass is 35.5. The van der Waals surface area contributed by atoms with Crippen LogP contribution in [0, 0.1) is 11.2 Å². The molecule has 3 aromatic rings. The maximum Gasteiger partial charge on any atom is 0.242 e. The first-order chi connectivity index (χ1) is 20.9. The van der Waals surface area contributed by atoms with Crippen LogP contribution in [-0.4, -0.2) is 35.3 Å². The monoisotopic (exact) mass is 637 g/mol. The minimum absolute atomic E-state index is 0.0146. The molecule has 234 valence electrons. The lowest BCUT2D eigenvalue weighted by atomic mass is 9.61. The van der Waals surface area contributed by atoms with Crippen LogP contribution in [0.3, 0.4) is 0 Å². The first kappa shape index (κ1) is 32.5. The van der Waals surface area contributed by atoms with Crippen molar-refractivity contribution in [1.29, 1.82) is 0 Å². The molecule has 2 unspecified atom stereocenters. The maximum atomic E-state index is 16.2. The Labute approximate surface area is 270 Å². The van der Waals surface area contributed by atoms with Crippen LogP contribution in [0.1, 0.15) is 94.7 Å². The second-order valence-corrected chi connectivity index (χ2v) is 14.2. The number of likely N-dealkylation sites (tertiary alicyclic amines) is 1. The van der Waals surface area contributed by atoms with Crippen molar-refractivity contribution in [3.63, 3.8) is 0 Å². The van der Waals surface area contributed by atoms with Gasteiger partial charge in [-0.3, -0.25) is 14.5 Å². The minimum Gasteiger partial charge on any atom is -0.328 e. The van der Waals surface area contributed by atoms with Gasteiger partial charge in [0.25, 0.3) is 0 Å². The van der Waals surface area contributed by atoms with Crippen LogP contribution in [0.4, 0.5) is 15.8 Å². The van der Waals surface area contributed by atoms with Crippen molar-refractivity contribution in [2.45, 2.75) is 89.6 Å². The number of benzene rings is 3. The van der Waals surface area contributed by atoms with E-state index >= 15 is 4.39 Å². The highest BCUT2D eigenvalue weighted by molar-refractivity contribution is 6.31. The van der Waals surface area contributed by atoms with Crippen molar-refractivity contribution in [3.8, 4) is 0 Å². The molecule has 2 fully saturated rings. The number of nitrogens with zero attached hydrogens (tertiary/aromatic N) is 1. The van der Waals surface area contributed by atoms with Gasteiger partial charge >= 0.3 is 0 Å². The number of likely N-dealkylation sites (N-methyl/N-ethyl adjacent to an activating group) is 1. The number of anilines is 2. The molecule has 5 rings (SSSR count). The molecule has 2 amide bonds. The number of hydrogen-bond donors (Lipinski definition) is 2. The van der Waals surface area contributed by atoms with Gasteiger partial charge in [0, 0.05) is 33.8 Å². The summed E-state index contributed by atoms with van der Waals surface area (Å²) in [5.74, 6) is -1.29. The van der Waals surface area contributed by atoms with Crippen molar-refractivity contribution in [3.05, 3.63) is 93.2 Å². The lowest BCUT2D eigenvalue weighted by Gasteiger charge is -2.50. The van der Waals surface area contributed by atoms with E-state index in [4.69, 9.17) is 23.2 Å². The summed E-state index contributed by atoms with van der Waals surface area (Å²) in [6.45, 7) is 11.5. The van der Waals surface area contributed by atoms with Crippen molar-refractivity contribution >= 4 is 46.9 Å². The van der Waals surface area contributed by atoms with E-state index in [9.17, 15) is 9.59 Å². The topological polar surface area (TPSA) is 61.4 Å². The molecule has 44 heavy (non-hydrogen) atoms. The predicted molar refractivity (Wildman–Crippen MR) is 178 cm³/mol. The number of carbonyl (C=O) groups excluding carboxylic acids is 2. The number of amides is 2. The molecule has 5 nitrogen and oxygen atoms in total. The number of hydrogen-bond acceptors (Lipinski definition) is 3. The van der Waals surface area contributed by atoms with Gasteiger partial charge in [-0.15, -0.1) is 0 Å². The van der Waals surface area contributed by atoms with Gasteiger partial charge < -0.3 is 10.6 Å². The Balaban J connectivity index is 1.73. The summed E-state index contributed by atoms with van der Waals surface area (Å²) in [6.07, 6.45) is 4.15. The average molecular weight is 639 g/mol. The van der Waals surface area contributed by atoms with Gasteiger partial charge in [-0.1, -0.05) is 88.2 Å². The van der Waals surface area contributed by atoms with Crippen molar-refractivity contribution < 1.29 is 14.0 Å². The molecular formula is C36H42Cl2FN3O2. The largest absolute Gasteiger partial charge is 0.328 e. The fourth-order valence-corrected chi connectivity index (χ4v) is 8.06. The van der Waals surface area contributed by atoms with Gasteiger partial charge in [0.1, 0.15) is 5.82 Å². The molecule has 1 saturated heterocycles. The summed E-state index contributed by atoms with van der Waals surface area (Å²) in [5, 5.41) is 6.53. The first-order valence-corrected chi connectivity index (χ1v) is 16.3. The third-order valence-electron chi connectivity index (χ3n) is 10.0. The molecule has 0 aromatic heterocycles. The van der Waals surface area contributed by atoms with Crippen LogP contribution in [0.25, 0.3) is 0 Å². The molecule has 1 heterocycles. The fraction of sp³-hybridized carbons (Fsp3) is 0.444. The first-order valence-electron chi connectivity index (χ1n) is 15.5. The summed E-state index contributed by atoms with van der Waals surface area (Å²) < 4.78 is 16.2. The Bertz CT molecular complexity index is 1510. The normalized spacial score (nSPS) is 22.7. The van der Waals surface area contributed by atoms with E-state index in [2.05, 4.69) is 50.2 Å². The molecule has 1 saturated carbocycles. The van der Waals surface area contributed by atoms with E-state index in [1.807, 2.05) is 30.3 Å². The Kier molecular flexibility index (Phi) is 9.46. The summed E-state index contributed by atoms with van der Waals surface area (Å²) in [7, 11) is 0. The van der Waals surface area contributed by atoms with E-state index in [1.165, 1.54) is 11.6 Å². The van der Waals surface area contributed by atoms with E-state index in [0.717, 1.165) is 31.2 Å². The van der Waals surface area contributed by atoms with E-state index in [-0.39, 0.29) is 22.3 Å². The summed E-state index contributed by atoms with van der Waals surface area (Å²) in [6, 6.07) is 17.7. The number of nitrogens with one attached hydrogen (secondary N) is 2. The molecule has 0 bridgehead atoms. The lowest BCUT2D eigenvalue weighted by Crippen LogP contribution is -2.54. The number of carbonyl (C=O) groups is 2. The standard InChI is InChI=1S/C36H42Cl2FN3O2/c1-6-42-33(34(44)41-25-13-10-23(11-14-25)22(2)3)30(27-8-7-9-28(38)32(27)39)31(36(42)18-16-35(4,5)17-19-36)26-15-12-24(37)20-29(26)40-21-43/h7-15,20-22,30-31,33H,6,16-19H2,1-5H3,(H,40,43)(H,41,44)/t30-,31?,33?/m1/s1. The van der Waals surface area contributed by atoms with Crippen LogP contribution in [0.15, 0.2) is 60.7 Å². The molecular weight excluding hydrogens is 596 g/mol. The van der Waals surface area contributed by atoms with Crippen LogP contribution < -0.4 is 10.6 Å². The molecule has 1 aliphatic carbocycles. The third kappa shape index (κ3) is 6.01. The molecule has 1 spiro atoms. The molecule has 3 atom stereocenters. The SMILES string of the molecule is CCN1C(C(=O)Nc2ccc(C(C)C)cc2)[C@H](c2cccc(Cl)c2F)C(c2ccc(Cl)cc2NC=O)C12CCC(C)(C)CC2. The molecule has 0 radical (unpaired) electrons. The lowest BCUT2D eigenvalue weighted by molar-refractivity contribution is -0.122. The van der Waals surface area contributed by atoms with Crippen LogP contribution in [0.5, 0.6) is 0 Å². The Morgan fingerprint density at radius 2 is 1.70 bits per heavy atom. The molecule has 2 aliphatic rings. The van der Waals surface area contributed by atoms with Crippen LogP contribution in [-0.2, 0) is 9.59 Å². The highest BCUT2D eigenvalue weighted by Gasteiger charge is 2.62. The Morgan fingerprint density at radius 3 is 2.32 bits per heavy atom. The van der Waals surface area contributed by atoms with Crippen LogP contribution >= 0.6 is 23.2 Å². The zero-order chi connectivity index (χ0) is 31.8. The second-order valence-electron chi connectivity index (χ2n) is 13.4. The van der Waals surface area contributed by atoms with Gasteiger partial charge in [0.05, 0.1) is 11.1 Å². The fourth-order valence-electron chi connectivity index (χ4n) is 7.71. The quantitative estimate of drug-likeness (QED) is 0.242. The molecule has 3 aromatic carbocycles. The molecule has 8 heteroatoms. The van der Waals surface area contributed by atoms with Gasteiger partial charge in [-0.05, 0) is 90.6 Å². The molecule has 2 N–H and O–H groups in total. The molecule has 1 aliphatic heterocycles. The minimum atomic E-state index is -0.705. The number of halogens is 3. The van der Waals surface area contributed by atoms with Crippen molar-refractivity contribution in [1.82, 2.24) is 4.90 Å². The van der Waals surface area contributed by atoms with Gasteiger partial charge in [-0.2, -0.15) is 0 Å². The Hall–Kier alpha value is -2.93. The second kappa shape index (κ2) is 12.8. The van der Waals surface area contributed by atoms with Crippen molar-refractivity contribution in [2.75, 3.05) is 17.2 Å². The van der Waals surface area contributed by atoms with Gasteiger partial charge in [-0.25, -0.2) is 4.39 Å². The third-order valence-corrected chi connectivity index (χ3v) is 10.5. The summed E-state index contributed by atoms with van der Waals surface area (Å²) in [5.41, 5.74) is 3.31. The highest BCUT2D eigenvalue weighted by Crippen LogP contribution is 2.62. The Morgan fingerprint density at radius 1 is 1.02 bits per heavy atom. The van der Waals surface area contributed by atoms with Gasteiger partial charge in [0.2, 0.25) is 12.3 Å². The summed E-state index contributed by atoms with van der Waals surface area (Å²) in [4.78, 5) is 28.7. The zero-order valence-electron chi connectivity index (χ0n) is 26.1. The van der Waals surface area contributed by atoms with E-state index < -0.39 is 23.3 Å². The number of rotatable bonds is 8. The predicted octanol–water partition coefficient (Wildman–Crippen LogP) is 9.37. The van der Waals surface area contributed by atoms with Crippen molar-refractivity contribution in [2.24, 2.45) is 5.41 Å². The van der Waals surface area contributed by atoms with Crippen LogP contribution in [0.2, 0.25) is 10.0 Å². The van der Waals surface area contributed by atoms with E-state index in [1.54, 1.807) is 24.3 Å². The maximum absolute atomic E-state index is 16.2.